The Morgan fingerprint density at radius 2 is 2.17 bits per heavy atom. The molecule has 2 aliphatic rings. The molecule has 1 nitrogen and oxygen atoms in total. The molecule has 0 fully saturated rings. The highest BCUT2D eigenvalue weighted by atomic mass is 14.7. The highest BCUT2D eigenvalue weighted by Gasteiger charge is 2.13. The third kappa shape index (κ3) is 0.739. The van der Waals surface area contributed by atoms with Crippen LogP contribution in [0.25, 0.3) is 11.6 Å². The average molecular weight is 159 g/mol. The van der Waals surface area contributed by atoms with Crippen molar-refractivity contribution >= 4 is 11.6 Å². The van der Waals surface area contributed by atoms with Gasteiger partial charge in [0.1, 0.15) is 0 Å². The van der Waals surface area contributed by atoms with Crippen molar-refractivity contribution in [3.05, 3.63) is 22.3 Å². The van der Waals surface area contributed by atoms with Crippen LogP contribution in [0.2, 0.25) is 0 Å². The molecule has 0 radical (unpaired) electrons. The lowest BCUT2D eigenvalue weighted by Crippen LogP contribution is -2.32. The van der Waals surface area contributed by atoms with Gasteiger partial charge in [0.2, 0.25) is 0 Å². The molecule has 0 saturated heterocycles. The Bertz CT molecular complexity index is 422. The lowest BCUT2D eigenvalue weighted by molar-refractivity contribution is 0.793. The number of hydrogen-bond donors (Lipinski definition) is 1. The van der Waals surface area contributed by atoms with E-state index in [0.29, 0.717) is 0 Å². The van der Waals surface area contributed by atoms with E-state index in [1.807, 2.05) is 0 Å². The van der Waals surface area contributed by atoms with Crippen LogP contribution in [0.3, 0.4) is 0 Å². The standard InChI is InChI=1S/C11H13N/c1-3-8-4-2-6-10-11(8)9(5-1)7-12-10/h6-7,12H,1-5H2. The Labute approximate surface area is 71.8 Å². The maximum Gasteiger partial charge on any atom is 0.0415 e. The lowest BCUT2D eigenvalue weighted by atomic mass is 9.90. The van der Waals surface area contributed by atoms with Gasteiger partial charge in [0.15, 0.2) is 0 Å². The first-order valence-electron chi connectivity index (χ1n) is 4.83. The van der Waals surface area contributed by atoms with E-state index >= 15 is 0 Å². The third-order valence-electron chi connectivity index (χ3n) is 3.07. The fourth-order valence-corrected chi connectivity index (χ4v) is 2.52. The molecule has 0 atom stereocenters. The summed E-state index contributed by atoms with van der Waals surface area (Å²) in [6.07, 6.45) is 11.1. The number of aromatic amines is 1. The van der Waals surface area contributed by atoms with Gasteiger partial charge in [0, 0.05) is 16.8 Å². The summed E-state index contributed by atoms with van der Waals surface area (Å²) >= 11 is 0. The van der Waals surface area contributed by atoms with E-state index < -0.39 is 0 Å². The summed E-state index contributed by atoms with van der Waals surface area (Å²) in [6, 6.07) is 0. The molecular weight excluding hydrogens is 146 g/mol. The van der Waals surface area contributed by atoms with Crippen LogP contribution in [-0.4, -0.2) is 4.98 Å². The summed E-state index contributed by atoms with van der Waals surface area (Å²) in [4.78, 5) is 3.37. The topological polar surface area (TPSA) is 15.8 Å². The monoisotopic (exact) mass is 159 g/mol. The zero-order valence-electron chi connectivity index (χ0n) is 7.19. The second-order valence-electron chi connectivity index (χ2n) is 3.80. The summed E-state index contributed by atoms with van der Waals surface area (Å²) in [5.74, 6) is 0. The van der Waals surface area contributed by atoms with Gasteiger partial charge in [-0.3, -0.25) is 0 Å². The molecule has 3 rings (SSSR count). The van der Waals surface area contributed by atoms with Crippen LogP contribution < -0.4 is 10.6 Å². The van der Waals surface area contributed by atoms with Crippen LogP contribution >= 0.6 is 0 Å². The van der Waals surface area contributed by atoms with E-state index in [1.54, 1.807) is 16.4 Å². The van der Waals surface area contributed by atoms with Crippen molar-refractivity contribution in [1.29, 1.82) is 0 Å². The Morgan fingerprint density at radius 1 is 1.17 bits per heavy atom. The van der Waals surface area contributed by atoms with Crippen molar-refractivity contribution in [2.45, 2.75) is 32.1 Å². The van der Waals surface area contributed by atoms with Crippen LogP contribution in [0.4, 0.5) is 0 Å². The molecule has 0 amide bonds. The number of rotatable bonds is 0. The van der Waals surface area contributed by atoms with Gasteiger partial charge in [-0.2, -0.15) is 0 Å². The maximum absolute atomic E-state index is 3.37. The minimum absolute atomic E-state index is 1.24. The smallest absolute Gasteiger partial charge is 0.0415 e. The van der Waals surface area contributed by atoms with Gasteiger partial charge in [0.25, 0.3) is 0 Å². The summed E-state index contributed by atoms with van der Waals surface area (Å²) < 4.78 is 0. The number of nitrogens with one attached hydrogen (secondary N) is 1. The van der Waals surface area contributed by atoms with Gasteiger partial charge < -0.3 is 4.98 Å². The number of H-pyrrole nitrogens is 1. The molecule has 2 aliphatic carbocycles. The van der Waals surface area contributed by atoms with Crippen molar-refractivity contribution < 1.29 is 0 Å². The number of aryl methyl sites for hydroxylation is 1. The van der Waals surface area contributed by atoms with E-state index in [0.717, 1.165) is 0 Å². The zero-order chi connectivity index (χ0) is 7.97. The average Bonchev–Trinajstić information content (AvgIpc) is 2.52. The van der Waals surface area contributed by atoms with Crippen molar-refractivity contribution in [2.75, 3.05) is 0 Å². The largest absolute Gasteiger partial charge is 0.361 e. The summed E-state index contributed by atoms with van der Waals surface area (Å²) in [6.45, 7) is 0. The highest BCUT2D eigenvalue weighted by Crippen LogP contribution is 2.19. The fourth-order valence-electron chi connectivity index (χ4n) is 2.52. The van der Waals surface area contributed by atoms with Gasteiger partial charge in [-0.1, -0.05) is 11.6 Å². The molecule has 0 bridgehead atoms. The van der Waals surface area contributed by atoms with E-state index in [9.17, 15) is 0 Å². The summed E-state index contributed by atoms with van der Waals surface area (Å²) in [5, 5.41) is 2.97. The molecule has 0 aromatic carbocycles. The first-order valence-corrected chi connectivity index (χ1v) is 4.83. The summed E-state index contributed by atoms with van der Waals surface area (Å²) in [7, 11) is 0. The van der Waals surface area contributed by atoms with Crippen molar-refractivity contribution in [3.63, 3.8) is 0 Å². The molecule has 0 spiro atoms. The first kappa shape index (κ1) is 6.53. The fraction of sp³-hybridized carbons (Fsp3) is 0.455. The molecule has 1 N–H and O–H groups in total. The van der Waals surface area contributed by atoms with E-state index in [1.165, 1.54) is 37.5 Å². The summed E-state index contributed by atoms with van der Waals surface area (Å²) in [5.41, 5.74) is 3.26. The number of aromatic nitrogens is 1. The molecule has 62 valence electrons. The quantitative estimate of drug-likeness (QED) is 0.583. The van der Waals surface area contributed by atoms with Gasteiger partial charge in [-0.05, 0) is 37.7 Å². The second-order valence-corrected chi connectivity index (χ2v) is 3.80. The van der Waals surface area contributed by atoms with Gasteiger partial charge >= 0.3 is 0 Å². The predicted octanol–water partition coefficient (Wildman–Crippen LogP) is 1.08. The van der Waals surface area contributed by atoms with E-state index in [2.05, 4.69) is 17.3 Å². The molecule has 1 heterocycles. The first-order chi connectivity index (χ1) is 5.95. The SMILES string of the molecule is C1=c2[nH]cc3c2=C(CC1)CCC3. The molecule has 1 aromatic rings. The normalized spacial score (nSPS) is 20.2. The Hall–Kier alpha value is -0.980. The van der Waals surface area contributed by atoms with E-state index in [-0.39, 0.29) is 0 Å². The van der Waals surface area contributed by atoms with Gasteiger partial charge in [-0.15, -0.1) is 0 Å². The Morgan fingerprint density at radius 3 is 3.17 bits per heavy atom. The molecule has 1 aromatic heterocycles. The molecule has 0 saturated carbocycles. The van der Waals surface area contributed by atoms with Gasteiger partial charge in [-0.25, -0.2) is 0 Å². The van der Waals surface area contributed by atoms with E-state index in [4.69, 9.17) is 0 Å². The molecule has 0 unspecified atom stereocenters. The third-order valence-corrected chi connectivity index (χ3v) is 3.07. The minimum Gasteiger partial charge on any atom is -0.361 e. The lowest BCUT2D eigenvalue weighted by Gasteiger charge is -2.14. The molecule has 0 aliphatic heterocycles. The zero-order valence-corrected chi connectivity index (χ0v) is 7.19. The van der Waals surface area contributed by atoms with Crippen LogP contribution in [0.5, 0.6) is 0 Å². The number of hydrogen-bond acceptors (Lipinski definition) is 0. The van der Waals surface area contributed by atoms with Crippen LogP contribution in [0, 0.1) is 0 Å². The van der Waals surface area contributed by atoms with Crippen molar-refractivity contribution in [3.8, 4) is 0 Å². The molecular formula is C11H13N. The molecule has 1 heteroatoms. The minimum atomic E-state index is 1.24. The van der Waals surface area contributed by atoms with Crippen molar-refractivity contribution in [1.82, 2.24) is 4.98 Å². The van der Waals surface area contributed by atoms with Crippen LogP contribution in [0.1, 0.15) is 31.2 Å². The van der Waals surface area contributed by atoms with Crippen LogP contribution in [0.15, 0.2) is 6.20 Å². The Balaban J connectivity index is 2.49. The Kier molecular flexibility index (Phi) is 1.23. The van der Waals surface area contributed by atoms with Crippen LogP contribution in [-0.2, 0) is 6.42 Å². The second kappa shape index (κ2) is 2.25. The van der Waals surface area contributed by atoms with Crippen molar-refractivity contribution in [2.24, 2.45) is 0 Å². The maximum atomic E-state index is 3.37. The molecule has 12 heavy (non-hydrogen) atoms. The predicted molar refractivity (Wildman–Crippen MR) is 50.1 cm³/mol. The van der Waals surface area contributed by atoms with Gasteiger partial charge in [0.05, 0.1) is 0 Å². The highest BCUT2D eigenvalue weighted by molar-refractivity contribution is 5.53.